The summed E-state index contributed by atoms with van der Waals surface area (Å²) in [6.07, 6.45) is -2.73. The van der Waals surface area contributed by atoms with Crippen molar-refractivity contribution in [3.63, 3.8) is 0 Å². The number of halogens is 3. The smallest absolute Gasteiger partial charge is 0.406 e. The first-order chi connectivity index (χ1) is 16.9. The number of amides is 2. The summed E-state index contributed by atoms with van der Waals surface area (Å²) in [6.45, 7) is 2.41. The molecule has 8 nitrogen and oxygen atoms in total. The van der Waals surface area contributed by atoms with Gasteiger partial charge < -0.3 is 15.0 Å². The van der Waals surface area contributed by atoms with Gasteiger partial charge >= 0.3 is 6.36 Å². The van der Waals surface area contributed by atoms with Crippen LogP contribution in [0.4, 0.5) is 24.5 Å². The van der Waals surface area contributed by atoms with Gasteiger partial charge in [-0.2, -0.15) is 4.31 Å². The van der Waals surface area contributed by atoms with E-state index in [2.05, 4.69) is 10.1 Å². The molecule has 0 saturated carbocycles. The maximum absolute atomic E-state index is 13.2. The summed E-state index contributed by atoms with van der Waals surface area (Å²) in [4.78, 5) is 26.3. The minimum absolute atomic E-state index is 0.0857. The molecule has 0 aliphatic carbocycles. The Morgan fingerprint density at radius 2 is 1.69 bits per heavy atom. The number of hydrogen-bond donors (Lipinski definition) is 1. The molecule has 1 saturated heterocycles. The topological polar surface area (TPSA) is 96.0 Å². The van der Waals surface area contributed by atoms with Gasteiger partial charge in [-0.25, -0.2) is 8.42 Å². The Bertz CT molecular complexity index is 1240. The molecule has 2 aliphatic heterocycles. The summed E-state index contributed by atoms with van der Waals surface area (Å²) >= 11 is 0. The van der Waals surface area contributed by atoms with Gasteiger partial charge in [0, 0.05) is 43.9 Å². The second-order valence-electron chi connectivity index (χ2n) is 8.80. The first-order valence-electron chi connectivity index (χ1n) is 11.5. The molecular formula is C24H26F3N3O5S. The van der Waals surface area contributed by atoms with Crippen molar-refractivity contribution in [3.05, 3.63) is 48.0 Å². The van der Waals surface area contributed by atoms with Crippen LogP contribution >= 0.6 is 0 Å². The molecule has 2 heterocycles. The fourth-order valence-electron chi connectivity index (χ4n) is 4.55. The molecule has 0 aromatic heterocycles. The lowest BCUT2D eigenvalue weighted by Gasteiger charge is -2.32. The molecule has 2 amide bonds. The maximum atomic E-state index is 13.2. The zero-order valence-corrected chi connectivity index (χ0v) is 20.4. The van der Waals surface area contributed by atoms with Crippen molar-refractivity contribution in [2.75, 3.05) is 29.9 Å². The molecule has 0 bridgehead atoms. The normalized spacial score (nSPS) is 17.4. The molecule has 12 heteroatoms. The van der Waals surface area contributed by atoms with Crippen LogP contribution in [0.3, 0.4) is 0 Å². The monoisotopic (exact) mass is 525 g/mol. The summed E-state index contributed by atoms with van der Waals surface area (Å²) in [6, 6.07) is 9.64. The third-order valence-electron chi connectivity index (χ3n) is 6.37. The summed E-state index contributed by atoms with van der Waals surface area (Å²) in [5.41, 5.74) is 1.87. The molecule has 0 atom stereocenters. The number of benzene rings is 2. The maximum Gasteiger partial charge on any atom is 0.573 e. The number of alkyl halides is 3. The molecule has 2 aliphatic rings. The minimum atomic E-state index is -4.80. The number of piperidine rings is 1. The van der Waals surface area contributed by atoms with Gasteiger partial charge in [0.05, 0.1) is 4.90 Å². The fourth-order valence-corrected chi connectivity index (χ4v) is 6.07. The molecule has 0 radical (unpaired) electrons. The van der Waals surface area contributed by atoms with Crippen molar-refractivity contribution in [1.29, 1.82) is 0 Å². The second kappa shape index (κ2) is 10.1. The second-order valence-corrected chi connectivity index (χ2v) is 10.7. The Morgan fingerprint density at radius 1 is 1.03 bits per heavy atom. The van der Waals surface area contributed by atoms with Crippen LogP contribution in [0.15, 0.2) is 47.4 Å². The number of carbonyl (C=O) groups excluding carboxylic acids is 2. The number of nitrogens with one attached hydrogen (secondary N) is 1. The predicted octanol–water partition coefficient (Wildman–Crippen LogP) is 3.92. The standard InChI is InChI=1S/C24H26F3N3O5S/c1-16(31)30-12-2-3-18-15-21(8-9-22(18)30)36(33,34)29-13-10-17(11-14-29)23(32)28-19-4-6-20(7-5-19)35-24(25,26)27/h4-9,15,17H,2-3,10-14H2,1H3,(H,28,32). The quantitative estimate of drug-likeness (QED) is 0.639. The molecule has 0 spiro atoms. The molecular weight excluding hydrogens is 499 g/mol. The van der Waals surface area contributed by atoms with E-state index < -0.39 is 28.1 Å². The first-order valence-corrected chi connectivity index (χ1v) is 13.0. The van der Waals surface area contributed by atoms with Gasteiger partial charge in [0.2, 0.25) is 21.8 Å². The summed E-state index contributed by atoms with van der Waals surface area (Å²) in [5, 5.41) is 2.66. The first kappa shape index (κ1) is 26.0. The Labute approximate surface area is 207 Å². The number of anilines is 2. The number of hydrogen-bond acceptors (Lipinski definition) is 5. The van der Waals surface area contributed by atoms with E-state index in [0.717, 1.165) is 29.8 Å². The van der Waals surface area contributed by atoms with Crippen LogP contribution in [0.25, 0.3) is 0 Å². The third kappa shape index (κ3) is 5.81. The number of rotatable bonds is 5. The van der Waals surface area contributed by atoms with Crippen LogP contribution in [-0.4, -0.2) is 50.5 Å². The SMILES string of the molecule is CC(=O)N1CCCc2cc(S(=O)(=O)N3CCC(C(=O)Nc4ccc(OC(F)(F)F)cc4)CC3)ccc21. The highest BCUT2D eigenvalue weighted by atomic mass is 32.2. The van der Waals surface area contributed by atoms with E-state index in [1.54, 1.807) is 17.0 Å². The van der Waals surface area contributed by atoms with E-state index in [1.165, 1.54) is 29.4 Å². The largest absolute Gasteiger partial charge is 0.573 e. The highest BCUT2D eigenvalue weighted by molar-refractivity contribution is 7.89. The summed E-state index contributed by atoms with van der Waals surface area (Å²) in [7, 11) is -3.77. The number of carbonyl (C=O) groups is 2. The van der Waals surface area contributed by atoms with Gasteiger partial charge in [-0.15, -0.1) is 13.2 Å². The zero-order chi connectivity index (χ0) is 26.1. The van der Waals surface area contributed by atoms with E-state index >= 15 is 0 Å². The number of ether oxygens (including phenoxy) is 1. The van der Waals surface area contributed by atoms with Crippen LogP contribution in [-0.2, 0) is 26.0 Å². The van der Waals surface area contributed by atoms with Gasteiger partial charge in [0.25, 0.3) is 0 Å². The Balaban J connectivity index is 1.36. The lowest BCUT2D eigenvalue weighted by Crippen LogP contribution is -2.41. The molecule has 0 unspecified atom stereocenters. The van der Waals surface area contributed by atoms with E-state index in [0.29, 0.717) is 31.5 Å². The van der Waals surface area contributed by atoms with Gasteiger partial charge in [0.15, 0.2) is 0 Å². The van der Waals surface area contributed by atoms with E-state index in [1.807, 2.05) is 0 Å². The van der Waals surface area contributed by atoms with Gasteiger partial charge in [-0.1, -0.05) is 0 Å². The van der Waals surface area contributed by atoms with Crippen molar-refractivity contribution in [1.82, 2.24) is 4.31 Å². The summed E-state index contributed by atoms with van der Waals surface area (Å²) < 4.78 is 68.5. The van der Waals surface area contributed by atoms with Crippen LogP contribution in [0, 0.1) is 5.92 Å². The van der Waals surface area contributed by atoms with Crippen LogP contribution in [0.5, 0.6) is 5.75 Å². The van der Waals surface area contributed by atoms with Crippen molar-refractivity contribution >= 4 is 33.2 Å². The van der Waals surface area contributed by atoms with E-state index in [4.69, 9.17) is 0 Å². The average Bonchev–Trinajstić information content (AvgIpc) is 2.83. The highest BCUT2D eigenvalue weighted by Gasteiger charge is 2.33. The molecule has 1 fully saturated rings. The number of aryl methyl sites for hydroxylation is 1. The number of nitrogens with zero attached hydrogens (tertiary/aromatic N) is 2. The average molecular weight is 526 g/mol. The zero-order valence-electron chi connectivity index (χ0n) is 19.5. The van der Waals surface area contributed by atoms with Crippen molar-refractivity contribution in [2.45, 2.75) is 43.9 Å². The molecule has 36 heavy (non-hydrogen) atoms. The highest BCUT2D eigenvalue weighted by Crippen LogP contribution is 2.32. The van der Waals surface area contributed by atoms with Gasteiger partial charge in [-0.05, 0) is 73.7 Å². The van der Waals surface area contributed by atoms with Crippen LogP contribution < -0.4 is 15.0 Å². The van der Waals surface area contributed by atoms with Crippen molar-refractivity contribution in [3.8, 4) is 5.75 Å². The van der Waals surface area contributed by atoms with E-state index in [-0.39, 0.29) is 29.8 Å². The Hall–Kier alpha value is -3.12. The lowest BCUT2D eigenvalue weighted by atomic mass is 9.97. The number of fused-ring (bicyclic) bond motifs is 1. The predicted molar refractivity (Wildman–Crippen MR) is 126 cm³/mol. The lowest BCUT2D eigenvalue weighted by molar-refractivity contribution is -0.274. The minimum Gasteiger partial charge on any atom is -0.406 e. The fraction of sp³-hybridized carbons (Fsp3) is 0.417. The Morgan fingerprint density at radius 3 is 2.31 bits per heavy atom. The van der Waals surface area contributed by atoms with Crippen LogP contribution in [0.1, 0.15) is 31.7 Å². The summed E-state index contributed by atoms with van der Waals surface area (Å²) in [5.74, 6) is -1.24. The van der Waals surface area contributed by atoms with Crippen LogP contribution in [0.2, 0.25) is 0 Å². The van der Waals surface area contributed by atoms with Gasteiger partial charge in [-0.3, -0.25) is 9.59 Å². The molecule has 1 N–H and O–H groups in total. The molecule has 2 aromatic rings. The Kier molecular flexibility index (Phi) is 7.28. The molecule has 4 rings (SSSR count). The number of sulfonamides is 1. The van der Waals surface area contributed by atoms with E-state index in [9.17, 15) is 31.2 Å². The van der Waals surface area contributed by atoms with Gasteiger partial charge in [0.1, 0.15) is 5.75 Å². The molecule has 194 valence electrons. The van der Waals surface area contributed by atoms with Crippen molar-refractivity contribution in [2.24, 2.45) is 5.92 Å². The third-order valence-corrected chi connectivity index (χ3v) is 8.26. The molecule has 2 aromatic carbocycles. The van der Waals surface area contributed by atoms with Crippen molar-refractivity contribution < 1.29 is 35.9 Å².